The number of allylic oxidation sites excluding steroid dienone is 2. The number of amides is 1. The Morgan fingerprint density at radius 3 is 2.70 bits per heavy atom. The summed E-state index contributed by atoms with van der Waals surface area (Å²) >= 11 is 0. The summed E-state index contributed by atoms with van der Waals surface area (Å²) in [6, 6.07) is 12.2. The zero-order valence-electron chi connectivity index (χ0n) is 17.6. The Morgan fingerprint density at radius 1 is 1.10 bits per heavy atom. The number of ether oxygens (including phenoxy) is 3. The van der Waals surface area contributed by atoms with Crippen LogP contribution < -0.4 is 20.1 Å². The molecule has 0 saturated carbocycles. The summed E-state index contributed by atoms with van der Waals surface area (Å²) in [5, 5.41) is 6.60. The fourth-order valence-electron chi connectivity index (χ4n) is 4.48. The van der Waals surface area contributed by atoms with Crippen molar-refractivity contribution in [1.82, 2.24) is 5.32 Å². The van der Waals surface area contributed by atoms with E-state index >= 15 is 0 Å². The minimum atomic E-state index is -0.0737. The number of fused-ring (bicyclic) bond motifs is 3. The summed E-state index contributed by atoms with van der Waals surface area (Å²) in [4.78, 5) is 12.5. The molecule has 6 heteroatoms. The lowest BCUT2D eigenvalue weighted by Crippen LogP contribution is -2.30. The van der Waals surface area contributed by atoms with Crippen molar-refractivity contribution in [2.45, 2.75) is 18.4 Å². The smallest absolute Gasteiger partial charge is 0.251 e. The van der Waals surface area contributed by atoms with Crippen LogP contribution in [0.1, 0.15) is 39.9 Å². The number of hydrogen-bond donors (Lipinski definition) is 2. The van der Waals surface area contributed by atoms with Gasteiger partial charge in [0.05, 0.1) is 26.9 Å². The summed E-state index contributed by atoms with van der Waals surface area (Å²) in [6.07, 6.45) is 5.50. The normalized spacial score (nSPS) is 21.4. The van der Waals surface area contributed by atoms with Gasteiger partial charge in [0.25, 0.3) is 5.91 Å². The fraction of sp³-hybridized carbons (Fsp3) is 0.375. The third-order valence-electron chi connectivity index (χ3n) is 5.98. The first-order valence-corrected chi connectivity index (χ1v) is 10.2. The largest absolute Gasteiger partial charge is 0.493 e. The van der Waals surface area contributed by atoms with Gasteiger partial charge in [-0.05, 0) is 53.8 Å². The molecule has 3 atom stereocenters. The van der Waals surface area contributed by atoms with Gasteiger partial charge in [-0.2, -0.15) is 0 Å². The number of carbonyl (C=O) groups is 1. The first-order valence-electron chi connectivity index (χ1n) is 10.2. The van der Waals surface area contributed by atoms with Crippen LogP contribution in [0.3, 0.4) is 0 Å². The van der Waals surface area contributed by atoms with Crippen molar-refractivity contribution in [2.75, 3.05) is 39.8 Å². The summed E-state index contributed by atoms with van der Waals surface area (Å²) in [7, 11) is 4.93. The van der Waals surface area contributed by atoms with Crippen LogP contribution in [0.25, 0.3) is 0 Å². The van der Waals surface area contributed by atoms with Crippen molar-refractivity contribution >= 4 is 11.6 Å². The van der Waals surface area contributed by atoms with Crippen LogP contribution >= 0.6 is 0 Å². The average Bonchev–Trinajstić information content (AvgIpc) is 3.28. The Bertz CT molecular complexity index is 956. The number of methoxy groups -OCH3 is 3. The van der Waals surface area contributed by atoms with Crippen molar-refractivity contribution in [2.24, 2.45) is 5.92 Å². The standard InChI is InChI=1S/C24H28N2O4/c1-28-12-11-25-24(27)16-7-9-20-19(13-16)17-5-4-6-18(17)23(26-20)15-8-10-21(29-2)22(14-15)30-3/h4-5,7-10,13-14,17-18,23,26H,6,11-12H2,1-3H3,(H,25,27). The van der Waals surface area contributed by atoms with Gasteiger partial charge in [0.15, 0.2) is 11.5 Å². The Hall–Kier alpha value is -2.99. The van der Waals surface area contributed by atoms with Crippen LogP contribution in [0, 0.1) is 5.92 Å². The second kappa shape index (κ2) is 8.79. The highest BCUT2D eigenvalue weighted by Gasteiger charge is 2.38. The molecule has 0 radical (unpaired) electrons. The van der Waals surface area contributed by atoms with E-state index in [-0.39, 0.29) is 17.9 Å². The van der Waals surface area contributed by atoms with Crippen LogP contribution in [0.15, 0.2) is 48.6 Å². The van der Waals surface area contributed by atoms with Crippen LogP contribution in [-0.2, 0) is 4.74 Å². The summed E-state index contributed by atoms with van der Waals surface area (Å²) in [6.45, 7) is 0.997. The zero-order chi connectivity index (χ0) is 21.1. The Kier molecular flexibility index (Phi) is 5.95. The predicted octanol–water partition coefficient (Wildman–Crippen LogP) is 3.91. The van der Waals surface area contributed by atoms with Crippen LogP contribution in [0.4, 0.5) is 5.69 Å². The number of carbonyl (C=O) groups excluding carboxylic acids is 1. The third kappa shape index (κ3) is 3.75. The Morgan fingerprint density at radius 2 is 1.93 bits per heavy atom. The first kappa shape index (κ1) is 20.3. The van der Waals surface area contributed by atoms with Crippen molar-refractivity contribution in [1.29, 1.82) is 0 Å². The first-order chi connectivity index (χ1) is 14.7. The topological polar surface area (TPSA) is 68.8 Å². The average molecular weight is 408 g/mol. The van der Waals surface area contributed by atoms with E-state index in [0.29, 0.717) is 24.6 Å². The van der Waals surface area contributed by atoms with Gasteiger partial charge >= 0.3 is 0 Å². The van der Waals surface area contributed by atoms with Crippen molar-refractivity contribution in [3.63, 3.8) is 0 Å². The highest BCUT2D eigenvalue weighted by molar-refractivity contribution is 5.95. The Labute approximate surface area is 177 Å². The third-order valence-corrected chi connectivity index (χ3v) is 5.98. The molecule has 2 N–H and O–H groups in total. The van der Waals surface area contributed by atoms with Gasteiger partial charge in [-0.3, -0.25) is 4.79 Å². The molecule has 30 heavy (non-hydrogen) atoms. The fourth-order valence-corrected chi connectivity index (χ4v) is 4.48. The number of rotatable bonds is 7. The molecule has 1 aliphatic carbocycles. The van der Waals surface area contributed by atoms with Gasteiger partial charge in [-0.1, -0.05) is 18.2 Å². The summed E-state index contributed by atoms with van der Waals surface area (Å²) < 4.78 is 15.9. The maximum Gasteiger partial charge on any atom is 0.251 e. The van der Waals surface area contributed by atoms with E-state index in [4.69, 9.17) is 14.2 Å². The van der Waals surface area contributed by atoms with Gasteiger partial charge in [-0.15, -0.1) is 0 Å². The van der Waals surface area contributed by atoms with E-state index < -0.39 is 0 Å². The molecule has 0 spiro atoms. The molecule has 4 rings (SSSR count). The summed E-state index contributed by atoms with van der Waals surface area (Å²) in [5.41, 5.74) is 4.08. The van der Waals surface area contributed by atoms with Gasteiger partial charge < -0.3 is 24.8 Å². The van der Waals surface area contributed by atoms with Crippen molar-refractivity contribution in [3.8, 4) is 11.5 Å². The molecular weight excluding hydrogens is 380 g/mol. The molecule has 6 nitrogen and oxygen atoms in total. The van der Waals surface area contributed by atoms with Crippen molar-refractivity contribution in [3.05, 3.63) is 65.2 Å². The van der Waals surface area contributed by atoms with Gasteiger partial charge in [0.2, 0.25) is 0 Å². The molecular formula is C24H28N2O4. The minimum Gasteiger partial charge on any atom is -0.493 e. The molecule has 2 aliphatic rings. The Balaban J connectivity index is 1.63. The van der Waals surface area contributed by atoms with Gasteiger partial charge in [0.1, 0.15) is 0 Å². The molecule has 0 saturated heterocycles. The van der Waals surface area contributed by atoms with Gasteiger partial charge in [0, 0.05) is 30.8 Å². The highest BCUT2D eigenvalue weighted by Crippen LogP contribution is 2.50. The van der Waals surface area contributed by atoms with Gasteiger partial charge in [-0.25, -0.2) is 0 Å². The van der Waals surface area contributed by atoms with E-state index in [0.717, 1.165) is 23.6 Å². The lowest BCUT2D eigenvalue weighted by Gasteiger charge is -2.38. The molecule has 3 unspecified atom stereocenters. The molecule has 2 aromatic carbocycles. The monoisotopic (exact) mass is 408 g/mol. The van der Waals surface area contributed by atoms with E-state index in [1.807, 2.05) is 24.3 Å². The van der Waals surface area contributed by atoms with Crippen LogP contribution in [0.2, 0.25) is 0 Å². The van der Waals surface area contributed by atoms with Crippen molar-refractivity contribution < 1.29 is 19.0 Å². The number of anilines is 1. The molecule has 2 aromatic rings. The predicted molar refractivity (Wildman–Crippen MR) is 117 cm³/mol. The van der Waals surface area contributed by atoms with E-state index in [1.165, 1.54) is 11.1 Å². The lowest BCUT2D eigenvalue weighted by molar-refractivity contribution is 0.0937. The summed E-state index contributed by atoms with van der Waals surface area (Å²) in [5.74, 6) is 2.03. The number of nitrogens with one attached hydrogen (secondary N) is 2. The lowest BCUT2D eigenvalue weighted by atomic mass is 9.76. The SMILES string of the molecule is COCCNC(=O)c1ccc2c(c1)C1C=CCC1C(c1ccc(OC)c(OC)c1)N2. The highest BCUT2D eigenvalue weighted by atomic mass is 16.5. The van der Waals surface area contributed by atoms with E-state index in [9.17, 15) is 4.79 Å². The maximum atomic E-state index is 12.5. The molecule has 1 amide bonds. The molecule has 1 aliphatic heterocycles. The number of benzene rings is 2. The molecule has 0 fully saturated rings. The minimum absolute atomic E-state index is 0.0737. The second-order valence-corrected chi connectivity index (χ2v) is 7.64. The molecule has 0 bridgehead atoms. The van der Waals surface area contributed by atoms with Crippen LogP contribution in [-0.4, -0.2) is 40.4 Å². The quantitative estimate of drug-likeness (QED) is 0.537. The molecule has 1 heterocycles. The molecule has 0 aromatic heterocycles. The molecule has 158 valence electrons. The second-order valence-electron chi connectivity index (χ2n) is 7.64. The zero-order valence-corrected chi connectivity index (χ0v) is 17.6. The van der Waals surface area contributed by atoms with E-state index in [1.54, 1.807) is 21.3 Å². The van der Waals surface area contributed by atoms with Crippen LogP contribution in [0.5, 0.6) is 11.5 Å². The maximum absolute atomic E-state index is 12.5. The number of hydrogen-bond acceptors (Lipinski definition) is 5. The van der Waals surface area contributed by atoms with E-state index in [2.05, 4.69) is 34.9 Å².